The van der Waals surface area contributed by atoms with Gasteiger partial charge in [0.2, 0.25) is 0 Å². The summed E-state index contributed by atoms with van der Waals surface area (Å²) in [5.74, 6) is -0.915. The first kappa shape index (κ1) is 15.5. The van der Waals surface area contributed by atoms with Crippen LogP contribution in [-0.4, -0.2) is 13.1 Å². The lowest BCUT2D eigenvalue weighted by molar-refractivity contribution is 0.0601. The highest BCUT2D eigenvalue weighted by molar-refractivity contribution is 9.10. The standard InChI is InChI=1S/C16H15BrFNO2/c1-10(12-5-3-4-6-14(12)17)19-15-9-11(18)7-8-13(15)16(20)21-2/h3-10,19H,1-2H3. The molecule has 1 unspecified atom stereocenters. The lowest BCUT2D eigenvalue weighted by Crippen LogP contribution is -2.12. The van der Waals surface area contributed by atoms with Crippen LogP contribution in [0.2, 0.25) is 0 Å². The molecule has 0 spiro atoms. The maximum atomic E-state index is 13.4. The van der Waals surface area contributed by atoms with E-state index in [1.807, 2.05) is 31.2 Å². The van der Waals surface area contributed by atoms with Gasteiger partial charge < -0.3 is 10.1 Å². The fourth-order valence-corrected chi connectivity index (χ4v) is 2.69. The highest BCUT2D eigenvalue weighted by atomic mass is 79.9. The number of hydrogen-bond donors (Lipinski definition) is 1. The molecule has 0 heterocycles. The molecule has 2 rings (SSSR count). The lowest BCUT2D eigenvalue weighted by atomic mass is 10.1. The number of ether oxygens (including phenoxy) is 1. The van der Waals surface area contributed by atoms with Gasteiger partial charge in [-0.1, -0.05) is 34.1 Å². The Morgan fingerprint density at radius 3 is 2.67 bits per heavy atom. The Labute approximate surface area is 131 Å². The van der Waals surface area contributed by atoms with Crippen LogP contribution in [0, 0.1) is 5.82 Å². The van der Waals surface area contributed by atoms with Crippen molar-refractivity contribution in [2.24, 2.45) is 0 Å². The molecular weight excluding hydrogens is 337 g/mol. The van der Waals surface area contributed by atoms with Crippen LogP contribution < -0.4 is 5.32 Å². The number of carbonyl (C=O) groups excluding carboxylic acids is 1. The number of esters is 1. The van der Waals surface area contributed by atoms with Crippen LogP contribution >= 0.6 is 15.9 Å². The van der Waals surface area contributed by atoms with Crippen LogP contribution in [0.15, 0.2) is 46.9 Å². The van der Waals surface area contributed by atoms with Gasteiger partial charge in [0.05, 0.1) is 18.4 Å². The Morgan fingerprint density at radius 1 is 1.29 bits per heavy atom. The number of hydrogen-bond acceptors (Lipinski definition) is 3. The molecule has 1 N–H and O–H groups in total. The van der Waals surface area contributed by atoms with Gasteiger partial charge in [-0.05, 0) is 36.8 Å². The molecule has 0 aliphatic heterocycles. The molecule has 2 aromatic rings. The summed E-state index contributed by atoms with van der Waals surface area (Å²) in [6, 6.07) is 11.6. The normalized spacial score (nSPS) is 11.8. The SMILES string of the molecule is COC(=O)c1ccc(F)cc1NC(C)c1ccccc1Br. The van der Waals surface area contributed by atoms with Crippen LogP contribution in [-0.2, 0) is 4.74 Å². The van der Waals surface area contributed by atoms with Crippen molar-refractivity contribution in [3.8, 4) is 0 Å². The molecule has 0 saturated heterocycles. The minimum atomic E-state index is -0.503. The first-order chi connectivity index (χ1) is 10.0. The van der Waals surface area contributed by atoms with Crippen molar-refractivity contribution in [3.63, 3.8) is 0 Å². The summed E-state index contributed by atoms with van der Waals surface area (Å²) in [6.45, 7) is 1.94. The van der Waals surface area contributed by atoms with Crippen molar-refractivity contribution in [1.82, 2.24) is 0 Å². The van der Waals surface area contributed by atoms with E-state index in [4.69, 9.17) is 4.74 Å². The van der Waals surface area contributed by atoms with Crippen LogP contribution in [0.5, 0.6) is 0 Å². The van der Waals surface area contributed by atoms with Crippen LogP contribution in [0.3, 0.4) is 0 Å². The third-order valence-electron chi connectivity index (χ3n) is 3.13. The second-order valence-corrected chi connectivity index (χ2v) is 5.42. The van der Waals surface area contributed by atoms with E-state index in [0.29, 0.717) is 11.3 Å². The van der Waals surface area contributed by atoms with Crippen molar-refractivity contribution >= 4 is 27.6 Å². The fraction of sp³-hybridized carbons (Fsp3) is 0.188. The number of rotatable bonds is 4. The second kappa shape index (κ2) is 6.72. The molecular formula is C16H15BrFNO2. The van der Waals surface area contributed by atoms with Crippen LogP contribution in [0.25, 0.3) is 0 Å². The molecule has 21 heavy (non-hydrogen) atoms. The number of carbonyl (C=O) groups is 1. The molecule has 0 fully saturated rings. The zero-order valence-corrected chi connectivity index (χ0v) is 13.3. The monoisotopic (exact) mass is 351 g/mol. The van der Waals surface area contributed by atoms with Crippen molar-refractivity contribution in [2.75, 3.05) is 12.4 Å². The minimum Gasteiger partial charge on any atom is -0.465 e. The summed E-state index contributed by atoms with van der Waals surface area (Å²) in [4.78, 5) is 11.7. The number of nitrogens with one attached hydrogen (secondary N) is 1. The number of anilines is 1. The summed E-state index contributed by atoms with van der Waals surface area (Å²) in [7, 11) is 1.30. The predicted octanol–water partition coefficient (Wildman–Crippen LogP) is 4.55. The van der Waals surface area contributed by atoms with Crippen LogP contribution in [0.4, 0.5) is 10.1 Å². The average molecular weight is 352 g/mol. The summed E-state index contributed by atoms with van der Waals surface area (Å²) in [5.41, 5.74) is 1.72. The summed E-state index contributed by atoms with van der Waals surface area (Å²) in [5, 5.41) is 3.15. The third kappa shape index (κ3) is 3.61. The lowest BCUT2D eigenvalue weighted by Gasteiger charge is -2.19. The van der Waals surface area contributed by atoms with Crippen molar-refractivity contribution in [1.29, 1.82) is 0 Å². The van der Waals surface area contributed by atoms with E-state index >= 15 is 0 Å². The summed E-state index contributed by atoms with van der Waals surface area (Å²) in [6.07, 6.45) is 0. The first-order valence-corrected chi connectivity index (χ1v) is 7.21. The van der Waals surface area contributed by atoms with E-state index in [1.165, 1.54) is 25.3 Å². The highest BCUT2D eigenvalue weighted by Crippen LogP contribution is 2.28. The smallest absolute Gasteiger partial charge is 0.339 e. The van der Waals surface area contributed by atoms with Crippen LogP contribution in [0.1, 0.15) is 28.9 Å². The molecule has 3 nitrogen and oxygen atoms in total. The van der Waals surface area contributed by atoms with Gasteiger partial charge in [0.25, 0.3) is 0 Å². The Morgan fingerprint density at radius 2 is 2.00 bits per heavy atom. The van der Waals surface area contributed by atoms with Gasteiger partial charge in [0.15, 0.2) is 0 Å². The Kier molecular flexibility index (Phi) is 4.96. The van der Waals surface area contributed by atoms with E-state index in [9.17, 15) is 9.18 Å². The summed E-state index contributed by atoms with van der Waals surface area (Å²) < 4.78 is 19.1. The topological polar surface area (TPSA) is 38.3 Å². The summed E-state index contributed by atoms with van der Waals surface area (Å²) >= 11 is 3.48. The Balaban J connectivity index is 2.32. The molecule has 0 radical (unpaired) electrons. The maximum absolute atomic E-state index is 13.4. The average Bonchev–Trinajstić information content (AvgIpc) is 2.47. The van der Waals surface area contributed by atoms with E-state index in [-0.39, 0.29) is 6.04 Å². The van der Waals surface area contributed by atoms with Gasteiger partial charge in [-0.2, -0.15) is 0 Å². The molecule has 0 saturated carbocycles. The van der Waals surface area contributed by atoms with Gasteiger partial charge in [0.1, 0.15) is 5.82 Å². The molecule has 110 valence electrons. The van der Waals surface area contributed by atoms with Gasteiger partial charge >= 0.3 is 5.97 Å². The Hall–Kier alpha value is -1.88. The predicted molar refractivity (Wildman–Crippen MR) is 83.9 cm³/mol. The molecule has 1 atom stereocenters. The zero-order chi connectivity index (χ0) is 15.4. The number of benzene rings is 2. The maximum Gasteiger partial charge on any atom is 0.339 e. The fourth-order valence-electron chi connectivity index (χ4n) is 2.06. The molecule has 0 amide bonds. The molecule has 5 heteroatoms. The van der Waals surface area contributed by atoms with E-state index in [2.05, 4.69) is 21.2 Å². The largest absolute Gasteiger partial charge is 0.465 e. The van der Waals surface area contributed by atoms with Crippen molar-refractivity contribution < 1.29 is 13.9 Å². The zero-order valence-electron chi connectivity index (χ0n) is 11.7. The van der Waals surface area contributed by atoms with Gasteiger partial charge in [-0.15, -0.1) is 0 Å². The first-order valence-electron chi connectivity index (χ1n) is 6.41. The number of halogens is 2. The highest BCUT2D eigenvalue weighted by Gasteiger charge is 2.16. The molecule has 2 aromatic carbocycles. The van der Waals surface area contributed by atoms with Gasteiger partial charge in [0, 0.05) is 10.5 Å². The minimum absolute atomic E-state index is 0.106. The van der Waals surface area contributed by atoms with E-state index < -0.39 is 11.8 Å². The van der Waals surface area contributed by atoms with E-state index in [0.717, 1.165) is 10.0 Å². The van der Waals surface area contributed by atoms with Gasteiger partial charge in [-0.3, -0.25) is 0 Å². The van der Waals surface area contributed by atoms with Crippen molar-refractivity contribution in [3.05, 3.63) is 63.9 Å². The third-order valence-corrected chi connectivity index (χ3v) is 3.85. The molecule has 0 bridgehead atoms. The Bertz CT molecular complexity index is 660. The molecule has 0 aromatic heterocycles. The van der Waals surface area contributed by atoms with Gasteiger partial charge in [-0.25, -0.2) is 9.18 Å². The molecule has 0 aliphatic carbocycles. The second-order valence-electron chi connectivity index (χ2n) is 4.57. The van der Waals surface area contributed by atoms with Crippen molar-refractivity contribution in [2.45, 2.75) is 13.0 Å². The van der Waals surface area contributed by atoms with E-state index in [1.54, 1.807) is 0 Å². The molecule has 0 aliphatic rings. The number of methoxy groups -OCH3 is 1. The quantitative estimate of drug-likeness (QED) is 0.821.